The standard InChI is InChI=1S/C72H38N4S2/c73-39-57-65(45-31-29-43-27-25-41-13-1-3-15-47(41)55(43)37-45)58(40-74)70(76-60-22-10-6-20-54(60)68-62(76)36-34-52-50-18-8-12-24-64(50)78-72(52)68)66(46-32-30-44-28-26-42-14-2-4-16-48(42)56(44)38-46)69(57)75-59-21-9-5-19-53(59)67-61(75)35-33-51-49-17-7-11-23-63(49)77-71(51)67/h1-38H. The lowest BCUT2D eigenvalue weighted by atomic mass is 9.85. The molecule has 0 radical (unpaired) electrons. The van der Waals surface area contributed by atoms with E-state index in [0.717, 1.165) is 115 Å². The van der Waals surface area contributed by atoms with Crippen molar-refractivity contribution in [1.29, 1.82) is 10.5 Å². The molecule has 4 heterocycles. The largest absolute Gasteiger partial charge is 0.307 e. The number of hydrogen-bond acceptors (Lipinski definition) is 4. The lowest BCUT2D eigenvalue weighted by Gasteiger charge is -2.26. The van der Waals surface area contributed by atoms with Gasteiger partial charge in [-0.1, -0.05) is 182 Å². The highest BCUT2D eigenvalue weighted by Gasteiger charge is 2.33. The topological polar surface area (TPSA) is 57.4 Å². The van der Waals surface area contributed by atoms with Crippen LogP contribution in [0.15, 0.2) is 231 Å². The monoisotopic (exact) mass is 1020 g/mol. The quantitative estimate of drug-likeness (QED) is 0.165. The maximum Gasteiger partial charge on any atom is 0.102 e. The third-order valence-electron chi connectivity index (χ3n) is 16.5. The van der Waals surface area contributed by atoms with Crippen LogP contribution in [0.25, 0.3) is 161 Å². The number of para-hydroxylation sites is 2. The SMILES string of the molecule is N#Cc1c(-c2ccc3ccc4ccccc4c3c2)c(C#N)c(-n2c3ccccc3c3c4sc5ccccc5c4ccc32)c(-c2ccc3ccc4ccccc4c3c2)c1-n1c2ccccc2c2c3sc4ccccc4c3ccc21. The smallest absolute Gasteiger partial charge is 0.102 e. The third kappa shape index (κ3) is 5.85. The average Bonchev–Trinajstić information content (AvgIpc) is 4.45. The molecule has 0 aliphatic carbocycles. The molecule has 0 saturated heterocycles. The highest BCUT2D eigenvalue weighted by Crippen LogP contribution is 2.52. The number of aromatic nitrogens is 2. The predicted octanol–water partition coefficient (Wildman–Crippen LogP) is 20.3. The number of hydrogen-bond donors (Lipinski definition) is 0. The average molecular weight is 1020 g/mol. The molecule has 13 aromatic carbocycles. The fourth-order valence-electron chi connectivity index (χ4n) is 13.2. The molecule has 0 bridgehead atoms. The molecule has 4 aromatic heterocycles. The minimum Gasteiger partial charge on any atom is -0.307 e. The number of nitrogens with zero attached hydrogens (tertiary/aromatic N) is 4. The van der Waals surface area contributed by atoms with Gasteiger partial charge in [0.2, 0.25) is 0 Å². The van der Waals surface area contributed by atoms with Gasteiger partial charge in [-0.25, -0.2) is 0 Å². The molecule has 358 valence electrons. The Hall–Kier alpha value is -10.1. The van der Waals surface area contributed by atoms with Crippen LogP contribution in [0, 0.1) is 22.7 Å². The lowest BCUT2D eigenvalue weighted by Crippen LogP contribution is -2.11. The zero-order valence-electron chi connectivity index (χ0n) is 41.5. The zero-order valence-corrected chi connectivity index (χ0v) is 43.2. The van der Waals surface area contributed by atoms with Gasteiger partial charge in [0.25, 0.3) is 0 Å². The van der Waals surface area contributed by atoms with Gasteiger partial charge in [-0.2, -0.15) is 10.5 Å². The highest BCUT2D eigenvalue weighted by atomic mass is 32.1. The van der Waals surface area contributed by atoms with Crippen molar-refractivity contribution >= 4 is 150 Å². The number of nitriles is 2. The van der Waals surface area contributed by atoms with Crippen LogP contribution in [-0.2, 0) is 0 Å². The Bertz CT molecular complexity index is 5390. The molecule has 4 nitrogen and oxygen atoms in total. The molecule has 78 heavy (non-hydrogen) atoms. The van der Waals surface area contributed by atoms with Crippen molar-refractivity contribution in [2.24, 2.45) is 0 Å². The van der Waals surface area contributed by atoms with Crippen molar-refractivity contribution < 1.29 is 0 Å². The highest BCUT2D eigenvalue weighted by molar-refractivity contribution is 7.27. The molecule has 17 aromatic rings. The first kappa shape index (κ1) is 43.2. The van der Waals surface area contributed by atoms with Gasteiger partial charge in [0.05, 0.1) is 44.6 Å². The van der Waals surface area contributed by atoms with Crippen molar-refractivity contribution in [3.05, 3.63) is 242 Å². The molecule has 0 unspecified atom stereocenters. The van der Waals surface area contributed by atoms with Crippen LogP contribution >= 0.6 is 22.7 Å². The van der Waals surface area contributed by atoms with Crippen molar-refractivity contribution in [3.8, 4) is 45.8 Å². The Labute approximate surface area is 453 Å². The molecular weight excluding hydrogens is 985 g/mol. The molecule has 17 rings (SSSR count). The minimum absolute atomic E-state index is 0.426. The van der Waals surface area contributed by atoms with Gasteiger partial charge < -0.3 is 9.13 Å². The van der Waals surface area contributed by atoms with Crippen LogP contribution in [0.4, 0.5) is 0 Å². The molecule has 0 spiro atoms. The molecule has 0 atom stereocenters. The minimum atomic E-state index is 0.426. The number of fused-ring (bicyclic) bond motifs is 20. The van der Waals surface area contributed by atoms with Crippen LogP contribution in [-0.4, -0.2) is 9.13 Å². The van der Waals surface area contributed by atoms with Crippen LogP contribution in [0.2, 0.25) is 0 Å². The van der Waals surface area contributed by atoms with E-state index in [9.17, 15) is 10.5 Å². The van der Waals surface area contributed by atoms with Crippen molar-refractivity contribution in [2.45, 2.75) is 0 Å². The van der Waals surface area contributed by atoms with E-state index in [4.69, 9.17) is 0 Å². The summed E-state index contributed by atoms with van der Waals surface area (Å²) < 4.78 is 9.57. The van der Waals surface area contributed by atoms with Gasteiger partial charge in [-0.3, -0.25) is 0 Å². The molecule has 0 aliphatic heterocycles. The summed E-state index contributed by atoms with van der Waals surface area (Å²) in [6, 6.07) is 88.5. The van der Waals surface area contributed by atoms with E-state index in [2.05, 4.69) is 252 Å². The first-order valence-corrected chi connectivity index (χ1v) is 27.8. The van der Waals surface area contributed by atoms with Crippen LogP contribution in [0.3, 0.4) is 0 Å². The Balaban J connectivity index is 1.14. The summed E-state index contributed by atoms with van der Waals surface area (Å²) in [5.41, 5.74) is 9.30. The van der Waals surface area contributed by atoms with Gasteiger partial charge in [-0.05, 0) is 103 Å². The molecule has 0 amide bonds. The first-order valence-electron chi connectivity index (χ1n) is 26.2. The van der Waals surface area contributed by atoms with E-state index in [1.165, 1.54) is 40.3 Å². The second-order valence-corrected chi connectivity index (χ2v) is 22.5. The van der Waals surface area contributed by atoms with E-state index >= 15 is 0 Å². The third-order valence-corrected chi connectivity index (χ3v) is 19.0. The fourth-order valence-corrected chi connectivity index (χ4v) is 15.7. The van der Waals surface area contributed by atoms with E-state index in [1.807, 2.05) is 22.7 Å². The summed E-state index contributed by atoms with van der Waals surface area (Å²) in [6.07, 6.45) is 0. The summed E-state index contributed by atoms with van der Waals surface area (Å²) in [5, 5.41) is 43.0. The molecule has 0 aliphatic rings. The lowest BCUT2D eigenvalue weighted by molar-refractivity contribution is 1.12. The van der Waals surface area contributed by atoms with E-state index < -0.39 is 0 Å². The van der Waals surface area contributed by atoms with Gasteiger partial charge >= 0.3 is 0 Å². The Morgan fingerprint density at radius 2 is 0.667 bits per heavy atom. The molecule has 0 saturated carbocycles. The molecular formula is C72H38N4S2. The van der Waals surface area contributed by atoms with Gasteiger partial charge in [0, 0.05) is 73.0 Å². The first-order chi connectivity index (χ1) is 38.6. The van der Waals surface area contributed by atoms with Crippen LogP contribution < -0.4 is 0 Å². The van der Waals surface area contributed by atoms with Gasteiger partial charge in [0.15, 0.2) is 0 Å². The number of benzene rings is 13. The van der Waals surface area contributed by atoms with Crippen LogP contribution in [0.5, 0.6) is 0 Å². The van der Waals surface area contributed by atoms with Gasteiger partial charge in [0.1, 0.15) is 12.1 Å². The maximum absolute atomic E-state index is 12.4. The maximum atomic E-state index is 12.4. The number of rotatable bonds is 4. The molecule has 0 fully saturated rings. The summed E-state index contributed by atoms with van der Waals surface area (Å²) in [5.74, 6) is 0. The summed E-state index contributed by atoms with van der Waals surface area (Å²) >= 11 is 3.63. The van der Waals surface area contributed by atoms with E-state index in [-0.39, 0.29) is 0 Å². The van der Waals surface area contributed by atoms with Crippen molar-refractivity contribution in [2.75, 3.05) is 0 Å². The van der Waals surface area contributed by atoms with Crippen LogP contribution in [0.1, 0.15) is 11.1 Å². The summed E-state index contributed by atoms with van der Waals surface area (Å²) in [4.78, 5) is 0. The van der Waals surface area contributed by atoms with Gasteiger partial charge in [-0.15, -0.1) is 22.7 Å². The normalized spacial score (nSPS) is 12.1. The Kier molecular flexibility index (Phi) is 8.98. The Morgan fingerprint density at radius 3 is 1.13 bits per heavy atom. The molecule has 0 N–H and O–H groups in total. The summed E-state index contributed by atoms with van der Waals surface area (Å²) in [7, 11) is 0. The number of thiophene rings is 2. The summed E-state index contributed by atoms with van der Waals surface area (Å²) in [6.45, 7) is 0. The van der Waals surface area contributed by atoms with Crippen molar-refractivity contribution in [1.82, 2.24) is 9.13 Å². The molecule has 6 heteroatoms. The van der Waals surface area contributed by atoms with E-state index in [0.29, 0.717) is 16.7 Å². The predicted molar refractivity (Wildman–Crippen MR) is 331 cm³/mol. The second-order valence-electron chi connectivity index (χ2n) is 20.4. The van der Waals surface area contributed by atoms with Crippen molar-refractivity contribution in [3.63, 3.8) is 0 Å². The fraction of sp³-hybridized carbons (Fsp3) is 0. The zero-order chi connectivity index (χ0) is 51.3. The van der Waals surface area contributed by atoms with E-state index in [1.54, 1.807) is 0 Å². The Morgan fingerprint density at radius 1 is 0.295 bits per heavy atom. The second kappa shape index (κ2) is 16.2.